The number of benzene rings is 1. The number of para-hydroxylation sites is 1. The van der Waals surface area contributed by atoms with Crippen LogP contribution in [0.5, 0.6) is 0 Å². The number of nitrogen functional groups attached to an aromatic ring is 1. The minimum atomic E-state index is 0.504. The van der Waals surface area contributed by atoms with Gasteiger partial charge in [-0.05, 0) is 40.2 Å². The molecule has 0 saturated heterocycles. The van der Waals surface area contributed by atoms with Gasteiger partial charge in [0, 0.05) is 11.3 Å². The summed E-state index contributed by atoms with van der Waals surface area (Å²) >= 11 is 4.94. The molecule has 1 aromatic carbocycles. The molecule has 3 rings (SSSR count). The molecule has 3 aromatic rings. The molecule has 0 aliphatic rings. The highest BCUT2D eigenvalue weighted by molar-refractivity contribution is 9.11. The molecule has 2 N–H and O–H groups in total. The van der Waals surface area contributed by atoms with Gasteiger partial charge >= 0.3 is 0 Å². The number of anilines is 1. The Kier molecular flexibility index (Phi) is 2.89. The topological polar surface area (TPSA) is 64.9 Å². The van der Waals surface area contributed by atoms with E-state index in [2.05, 4.69) is 26.1 Å². The van der Waals surface area contributed by atoms with E-state index in [1.165, 1.54) is 0 Å². The van der Waals surface area contributed by atoms with Gasteiger partial charge in [0.15, 0.2) is 0 Å². The first-order valence-electron chi connectivity index (χ1n) is 5.18. The monoisotopic (exact) mass is 321 g/mol. The van der Waals surface area contributed by atoms with Crippen LogP contribution in [0.15, 0.2) is 44.7 Å². The molecule has 18 heavy (non-hydrogen) atoms. The second-order valence-corrected chi connectivity index (χ2v) is 6.08. The van der Waals surface area contributed by atoms with Crippen molar-refractivity contribution >= 4 is 33.0 Å². The SMILES string of the molecule is Nc1ccccc1-c1noc(-c2ccc(Br)s2)n1. The van der Waals surface area contributed by atoms with Gasteiger partial charge in [-0.15, -0.1) is 11.3 Å². The fourth-order valence-corrected chi connectivity index (χ4v) is 2.87. The molecule has 0 fully saturated rings. The molecule has 0 radical (unpaired) electrons. The maximum atomic E-state index is 5.88. The standard InChI is InChI=1S/C12H8BrN3OS/c13-10-6-5-9(18-10)12-15-11(16-17-12)7-3-1-2-4-8(7)14/h1-6H,14H2. The van der Waals surface area contributed by atoms with Crippen molar-refractivity contribution in [1.29, 1.82) is 0 Å². The summed E-state index contributed by atoms with van der Waals surface area (Å²) in [5.41, 5.74) is 7.30. The summed E-state index contributed by atoms with van der Waals surface area (Å²) in [5.74, 6) is 1.01. The van der Waals surface area contributed by atoms with E-state index in [0.717, 1.165) is 14.2 Å². The summed E-state index contributed by atoms with van der Waals surface area (Å²) in [6.45, 7) is 0. The van der Waals surface area contributed by atoms with Crippen LogP contribution in [0.2, 0.25) is 0 Å². The largest absolute Gasteiger partial charge is 0.398 e. The quantitative estimate of drug-likeness (QED) is 0.729. The molecule has 90 valence electrons. The van der Waals surface area contributed by atoms with E-state index in [1.807, 2.05) is 36.4 Å². The predicted molar refractivity (Wildman–Crippen MR) is 75.2 cm³/mol. The lowest BCUT2D eigenvalue weighted by Gasteiger charge is -1.97. The third-order valence-corrected chi connectivity index (χ3v) is 4.02. The van der Waals surface area contributed by atoms with Gasteiger partial charge in [0.25, 0.3) is 5.89 Å². The van der Waals surface area contributed by atoms with Crippen molar-refractivity contribution in [2.24, 2.45) is 0 Å². The van der Waals surface area contributed by atoms with Crippen molar-refractivity contribution in [3.8, 4) is 22.2 Å². The Morgan fingerprint density at radius 1 is 1.17 bits per heavy atom. The van der Waals surface area contributed by atoms with E-state index < -0.39 is 0 Å². The van der Waals surface area contributed by atoms with E-state index in [4.69, 9.17) is 10.3 Å². The van der Waals surface area contributed by atoms with Crippen LogP contribution in [-0.2, 0) is 0 Å². The van der Waals surface area contributed by atoms with Gasteiger partial charge in [-0.1, -0.05) is 17.3 Å². The Hall–Kier alpha value is -1.66. The molecule has 0 atom stereocenters. The highest BCUT2D eigenvalue weighted by Gasteiger charge is 2.13. The molecule has 2 heterocycles. The molecular formula is C12H8BrN3OS. The number of nitrogens with two attached hydrogens (primary N) is 1. The molecule has 0 unspecified atom stereocenters. The third kappa shape index (κ3) is 2.04. The second-order valence-electron chi connectivity index (χ2n) is 3.61. The van der Waals surface area contributed by atoms with Gasteiger partial charge < -0.3 is 10.3 Å². The van der Waals surface area contributed by atoms with Gasteiger partial charge in [0.1, 0.15) is 0 Å². The van der Waals surface area contributed by atoms with Gasteiger partial charge in [-0.3, -0.25) is 0 Å². The van der Waals surface area contributed by atoms with Crippen molar-refractivity contribution < 1.29 is 4.52 Å². The lowest BCUT2D eigenvalue weighted by Crippen LogP contribution is -1.90. The van der Waals surface area contributed by atoms with E-state index in [1.54, 1.807) is 11.3 Å². The normalized spacial score (nSPS) is 10.7. The molecule has 2 aromatic heterocycles. The van der Waals surface area contributed by atoms with Crippen molar-refractivity contribution in [2.45, 2.75) is 0 Å². The average molecular weight is 322 g/mol. The van der Waals surface area contributed by atoms with Gasteiger partial charge in [0.2, 0.25) is 5.82 Å². The summed E-state index contributed by atoms with van der Waals surface area (Å²) in [7, 11) is 0. The van der Waals surface area contributed by atoms with Crippen molar-refractivity contribution in [3.63, 3.8) is 0 Å². The van der Waals surface area contributed by atoms with Crippen LogP contribution in [0.25, 0.3) is 22.2 Å². The molecule has 0 aliphatic carbocycles. The van der Waals surface area contributed by atoms with Crippen LogP contribution in [-0.4, -0.2) is 10.1 Å². The number of hydrogen-bond donors (Lipinski definition) is 1. The summed E-state index contributed by atoms with van der Waals surface area (Å²) < 4.78 is 6.27. The second kappa shape index (κ2) is 4.55. The zero-order valence-corrected chi connectivity index (χ0v) is 11.5. The van der Waals surface area contributed by atoms with Crippen LogP contribution in [0.3, 0.4) is 0 Å². The fourth-order valence-electron chi connectivity index (χ4n) is 1.56. The lowest BCUT2D eigenvalue weighted by molar-refractivity contribution is 0.433. The maximum Gasteiger partial charge on any atom is 0.268 e. The number of halogens is 1. The van der Waals surface area contributed by atoms with Gasteiger partial charge in [-0.25, -0.2) is 0 Å². The molecule has 6 heteroatoms. The summed E-state index contributed by atoms with van der Waals surface area (Å²) in [4.78, 5) is 5.28. The smallest absolute Gasteiger partial charge is 0.268 e. The molecule has 0 spiro atoms. The minimum Gasteiger partial charge on any atom is -0.398 e. The Morgan fingerprint density at radius 2 is 2.00 bits per heavy atom. The molecule has 4 nitrogen and oxygen atoms in total. The number of thiophene rings is 1. The van der Waals surface area contributed by atoms with Crippen LogP contribution >= 0.6 is 27.3 Å². The Morgan fingerprint density at radius 3 is 2.72 bits per heavy atom. The van der Waals surface area contributed by atoms with Gasteiger partial charge in [0.05, 0.1) is 8.66 Å². The Bertz CT molecular complexity index is 692. The van der Waals surface area contributed by atoms with Crippen LogP contribution in [0.1, 0.15) is 0 Å². The molecular weight excluding hydrogens is 314 g/mol. The summed E-state index contributed by atoms with van der Waals surface area (Å²) in [5, 5.41) is 3.96. The first-order valence-corrected chi connectivity index (χ1v) is 6.79. The fraction of sp³-hybridized carbons (Fsp3) is 0. The summed E-state index contributed by atoms with van der Waals surface area (Å²) in [6, 6.07) is 11.3. The average Bonchev–Trinajstić information content (AvgIpc) is 2.98. The first kappa shape index (κ1) is 11.4. The van der Waals surface area contributed by atoms with Crippen molar-refractivity contribution in [3.05, 3.63) is 40.2 Å². The zero-order valence-electron chi connectivity index (χ0n) is 9.13. The van der Waals surface area contributed by atoms with Gasteiger partial charge in [-0.2, -0.15) is 4.98 Å². The number of aromatic nitrogens is 2. The highest BCUT2D eigenvalue weighted by Crippen LogP contribution is 2.32. The summed E-state index contributed by atoms with van der Waals surface area (Å²) in [6.07, 6.45) is 0. The van der Waals surface area contributed by atoms with Crippen LogP contribution in [0, 0.1) is 0 Å². The highest BCUT2D eigenvalue weighted by atomic mass is 79.9. The number of hydrogen-bond acceptors (Lipinski definition) is 5. The van der Waals surface area contributed by atoms with E-state index in [9.17, 15) is 0 Å². The molecule has 0 amide bonds. The van der Waals surface area contributed by atoms with Crippen LogP contribution < -0.4 is 5.73 Å². The van der Waals surface area contributed by atoms with Crippen molar-refractivity contribution in [1.82, 2.24) is 10.1 Å². The minimum absolute atomic E-state index is 0.504. The number of rotatable bonds is 2. The zero-order chi connectivity index (χ0) is 12.5. The van der Waals surface area contributed by atoms with E-state index >= 15 is 0 Å². The molecule has 0 aliphatic heterocycles. The van der Waals surface area contributed by atoms with Crippen molar-refractivity contribution in [2.75, 3.05) is 5.73 Å². The van der Waals surface area contributed by atoms with Crippen LogP contribution in [0.4, 0.5) is 5.69 Å². The van der Waals surface area contributed by atoms with E-state index in [-0.39, 0.29) is 0 Å². The Balaban J connectivity index is 2.02. The lowest BCUT2D eigenvalue weighted by atomic mass is 10.2. The first-order chi connectivity index (χ1) is 8.74. The number of nitrogens with zero attached hydrogens (tertiary/aromatic N) is 2. The third-order valence-electron chi connectivity index (χ3n) is 2.41. The molecule has 0 saturated carbocycles. The van der Waals surface area contributed by atoms with E-state index in [0.29, 0.717) is 17.4 Å². The maximum absolute atomic E-state index is 5.88. The predicted octanol–water partition coefficient (Wildman–Crippen LogP) is 3.81. The molecule has 0 bridgehead atoms. The Labute approximate surface area is 116 Å².